The standard InChI is InChI=1S/C17H16ClFO/c1-11-4-6-15(19)14(9-11)17(18)13-5-7-16-12(10-13)3-2-8-20-16/h4-7,9-10,17H,2-3,8H2,1H3. The molecule has 0 fully saturated rings. The summed E-state index contributed by atoms with van der Waals surface area (Å²) in [5, 5.41) is -0.470. The first kappa shape index (κ1) is 13.4. The Balaban J connectivity index is 1.97. The van der Waals surface area contributed by atoms with Crippen LogP contribution in [-0.2, 0) is 6.42 Å². The lowest BCUT2D eigenvalue weighted by Gasteiger charge is -2.19. The summed E-state index contributed by atoms with van der Waals surface area (Å²) in [6.45, 7) is 2.70. The predicted octanol–water partition coefficient (Wildman–Crippen LogP) is 4.79. The van der Waals surface area contributed by atoms with Crippen LogP contribution in [0.25, 0.3) is 0 Å². The molecule has 0 aromatic heterocycles. The quantitative estimate of drug-likeness (QED) is 0.723. The summed E-state index contributed by atoms with van der Waals surface area (Å²) >= 11 is 6.47. The van der Waals surface area contributed by atoms with Gasteiger partial charge in [0.15, 0.2) is 0 Å². The summed E-state index contributed by atoms with van der Waals surface area (Å²) in [5.74, 6) is 0.665. The van der Waals surface area contributed by atoms with Crippen molar-refractivity contribution >= 4 is 11.6 Å². The first-order valence-corrected chi connectivity index (χ1v) is 7.24. The zero-order valence-electron chi connectivity index (χ0n) is 11.3. The number of fused-ring (bicyclic) bond motifs is 1. The molecule has 3 rings (SSSR count). The molecule has 0 N–H and O–H groups in total. The molecule has 1 unspecified atom stereocenters. The Morgan fingerprint density at radius 1 is 1.20 bits per heavy atom. The molecule has 1 aliphatic heterocycles. The second kappa shape index (κ2) is 5.45. The summed E-state index contributed by atoms with van der Waals surface area (Å²) in [6, 6.07) is 10.9. The first-order chi connectivity index (χ1) is 9.65. The lowest BCUT2D eigenvalue weighted by Crippen LogP contribution is -2.09. The maximum absolute atomic E-state index is 13.9. The van der Waals surface area contributed by atoms with Gasteiger partial charge in [-0.15, -0.1) is 11.6 Å². The molecule has 0 saturated carbocycles. The van der Waals surface area contributed by atoms with E-state index in [0.717, 1.165) is 41.9 Å². The molecule has 1 aliphatic rings. The average Bonchev–Trinajstić information content (AvgIpc) is 2.48. The third-order valence-corrected chi connectivity index (χ3v) is 4.14. The van der Waals surface area contributed by atoms with Crippen LogP contribution in [0.2, 0.25) is 0 Å². The second-order valence-electron chi connectivity index (χ2n) is 5.21. The predicted molar refractivity (Wildman–Crippen MR) is 79.1 cm³/mol. The van der Waals surface area contributed by atoms with Gasteiger partial charge in [-0.25, -0.2) is 4.39 Å². The van der Waals surface area contributed by atoms with Crippen LogP contribution >= 0.6 is 11.6 Å². The number of hydrogen-bond donors (Lipinski definition) is 0. The van der Waals surface area contributed by atoms with E-state index in [1.54, 1.807) is 6.07 Å². The summed E-state index contributed by atoms with van der Waals surface area (Å²) in [4.78, 5) is 0. The van der Waals surface area contributed by atoms with Crippen LogP contribution in [0, 0.1) is 12.7 Å². The molecule has 0 aliphatic carbocycles. The summed E-state index contributed by atoms with van der Waals surface area (Å²) < 4.78 is 19.5. The molecule has 3 heteroatoms. The second-order valence-corrected chi connectivity index (χ2v) is 5.64. The van der Waals surface area contributed by atoms with Crippen LogP contribution in [0.5, 0.6) is 5.75 Å². The minimum Gasteiger partial charge on any atom is -0.493 e. The van der Waals surface area contributed by atoms with Crippen LogP contribution in [0.4, 0.5) is 4.39 Å². The van der Waals surface area contributed by atoms with Crippen LogP contribution < -0.4 is 4.74 Å². The Bertz CT molecular complexity index is 639. The van der Waals surface area contributed by atoms with Crippen molar-refractivity contribution in [3.8, 4) is 5.75 Å². The van der Waals surface area contributed by atoms with Gasteiger partial charge in [-0.3, -0.25) is 0 Å². The van der Waals surface area contributed by atoms with Crippen molar-refractivity contribution in [2.24, 2.45) is 0 Å². The molecular formula is C17H16ClFO. The number of rotatable bonds is 2. The Morgan fingerprint density at radius 3 is 2.90 bits per heavy atom. The lowest BCUT2D eigenvalue weighted by molar-refractivity contribution is 0.288. The van der Waals surface area contributed by atoms with Crippen molar-refractivity contribution in [2.75, 3.05) is 6.61 Å². The maximum atomic E-state index is 13.9. The van der Waals surface area contributed by atoms with E-state index < -0.39 is 5.38 Å². The summed E-state index contributed by atoms with van der Waals surface area (Å²) in [6.07, 6.45) is 2.01. The molecule has 1 nitrogen and oxygen atoms in total. The van der Waals surface area contributed by atoms with Crippen molar-refractivity contribution in [2.45, 2.75) is 25.1 Å². The van der Waals surface area contributed by atoms with E-state index in [1.807, 2.05) is 31.2 Å². The van der Waals surface area contributed by atoms with E-state index in [1.165, 1.54) is 6.07 Å². The first-order valence-electron chi connectivity index (χ1n) is 6.81. The van der Waals surface area contributed by atoms with Gasteiger partial charge in [0, 0.05) is 5.56 Å². The van der Waals surface area contributed by atoms with Crippen LogP contribution in [0.1, 0.15) is 34.1 Å². The topological polar surface area (TPSA) is 9.23 Å². The van der Waals surface area contributed by atoms with Gasteiger partial charge in [-0.2, -0.15) is 0 Å². The van der Waals surface area contributed by atoms with Crippen molar-refractivity contribution in [3.05, 3.63) is 64.5 Å². The van der Waals surface area contributed by atoms with Gasteiger partial charge in [0.25, 0.3) is 0 Å². The van der Waals surface area contributed by atoms with Crippen LogP contribution in [0.15, 0.2) is 36.4 Å². The third kappa shape index (κ3) is 2.53. The monoisotopic (exact) mass is 290 g/mol. The van der Waals surface area contributed by atoms with Crippen LogP contribution in [-0.4, -0.2) is 6.61 Å². The zero-order chi connectivity index (χ0) is 14.1. The number of hydrogen-bond acceptors (Lipinski definition) is 1. The molecule has 1 atom stereocenters. The number of benzene rings is 2. The van der Waals surface area contributed by atoms with Crippen molar-refractivity contribution in [1.82, 2.24) is 0 Å². The molecular weight excluding hydrogens is 275 g/mol. The fraction of sp³-hybridized carbons (Fsp3) is 0.294. The van der Waals surface area contributed by atoms with E-state index >= 15 is 0 Å². The van der Waals surface area contributed by atoms with Gasteiger partial charge in [0.1, 0.15) is 11.6 Å². The highest BCUT2D eigenvalue weighted by Crippen LogP contribution is 2.35. The normalized spacial score (nSPS) is 15.3. The van der Waals surface area contributed by atoms with E-state index in [2.05, 4.69) is 0 Å². The Morgan fingerprint density at radius 2 is 2.05 bits per heavy atom. The van der Waals surface area contributed by atoms with Gasteiger partial charge in [0.2, 0.25) is 0 Å². The minimum atomic E-state index is -0.470. The largest absolute Gasteiger partial charge is 0.493 e. The summed E-state index contributed by atoms with van der Waals surface area (Å²) in [5.41, 5.74) is 3.62. The molecule has 1 heterocycles. The smallest absolute Gasteiger partial charge is 0.128 e. The Hall–Kier alpha value is -1.54. The van der Waals surface area contributed by atoms with Crippen molar-refractivity contribution < 1.29 is 9.13 Å². The highest BCUT2D eigenvalue weighted by atomic mass is 35.5. The summed E-state index contributed by atoms with van der Waals surface area (Å²) in [7, 11) is 0. The van der Waals surface area contributed by atoms with E-state index in [-0.39, 0.29) is 5.82 Å². The molecule has 104 valence electrons. The lowest BCUT2D eigenvalue weighted by atomic mass is 9.97. The third-order valence-electron chi connectivity index (χ3n) is 3.65. The average molecular weight is 291 g/mol. The van der Waals surface area contributed by atoms with Gasteiger partial charge in [0.05, 0.1) is 12.0 Å². The number of alkyl halides is 1. The molecule has 2 aromatic rings. The Kier molecular flexibility index (Phi) is 3.66. The van der Waals surface area contributed by atoms with Crippen molar-refractivity contribution in [3.63, 3.8) is 0 Å². The van der Waals surface area contributed by atoms with E-state index in [4.69, 9.17) is 16.3 Å². The fourth-order valence-corrected chi connectivity index (χ4v) is 2.88. The maximum Gasteiger partial charge on any atom is 0.128 e. The minimum absolute atomic E-state index is 0.260. The molecule has 0 bridgehead atoms. The number of ether oxygens (including phenoxy) is 1. The van der Waals surface area contributed by atoms with Gasteiger partial charge in [-0.05, 0) is 43.0 Å². The zero-order valence-corrected chi connectivity index (χ0v) is 12.1. The highest BCUT2D eigenvalue weighted by molar-refractivity contribution is 6.22. The number of halogens is 2. The van der Waals surface area contributed by atoms with Crippen LogP contribution in [0.3, 0.4) is 0 Å². The molecule has 0 amide bonds. The van der Waals surface area contributed by atoms with Gasteiger partial charge >= 0.3 is 0 Å². The van der Waals surface area contributed by atoms with E-state index in [9.17, 15) is 4.39 Å². The van der Waals surface area contributed by atoms with Crippen molar-refractivity contribution in [1.29, 1.82) is 0 Å². The molecule has 2 aromatic carbocycles. The van der Waals surface area contributed by atoms with Gasteiger partial charge in [-0.1, -0.05) is 29.8 Å². The highest BCUT2D eigenvalue weighted by Gasteiger charge is 2.18. The Labute approximate surface area is 123 Å². The SMILES string of the molecule is Cc1ccc(F)c(C(Cl)c2ccc3c(c2)CCCO3)c1. The molecule has 0 saturated heterocycles. The van der Waals surface area contributed by atoms with Gasteiger partial charge < -0.3 is 4.74 Å². The molecule has 20 heavy (non-hydrogen) atoms. The molecule has 0 radical (unpaired) electrons. The molecule has 0 spiro atoms. The number of aryl methyl sites for hydroxylation is 2. The van der Waals surface area contributed by atoms with E-state index in [0.29, 0.717) is 5.56 Å². The fourth-order valence-electron chi connectivity index (χ4n) is 2.57.